The molecule has 7 rings (SSSR count). The molecule has 0 aliphatic heterocycles. The van der Waals surface area contributed by atoms with Crippen molar-refractivity contribution in [2.45, 2.75) is 0 Å². The molecule has 0 amide bonds. The van der Waals surface area contributed by atoms with Gasteiger partial charge in [0, 0.05) is 31.5 Å². The minimum absolute atomic E-state index is 1.09. The summed E-state index contributed by atoms with van der Waals surface area (Å²) in [7, 11) is 0. The summed E-state index contributed by atoms with van der Waals surface area (Å²) >= 11 is 1.85. The smallest absolute Gasteiger partial charge is 0.0478 e. The number of fused-ring (bicyclic) bond motifs is 4. The van der Waals surface area contributed by atoms with Crippen LogP contribution in [0.5, 0.6) is 0 Å². The number of thiophene rings is 1. The van der Waals surface area contributed by atoms with Crippen molar-refractivity contribution in [1.29, 1.82) is 0 Å². The Morgan fingerprint density at radius 1 is 0.444 bits per heavy atom. The zero-order valence-electron chi connectivity index (χ0n) is 19.6. The molecular formula is C34H23NS. The molecule has 0 aliphatic rings. The average molecular weight is 478 g/mol. The van der Waals surface area contributed by atoms with E-state index in [2.05, 4.69) is 139 Å². The number of hydrogen-bond acceptors (Lipinski definition) is 2. The van der Waals surface area contributed by atoms with Gasteiger partial charge in [0.1, 0.15) is 0 Å². The lowest BCUT2D eigenvalue weighted by Crippen LogP contribution is -1.91. The maximum absolute atomic E-state index is 3.66. The van der Waals surface area contributed by atoms with E-state index in [0.717, 1.165) is 11.4 Å². The van der Waals surface area contributed by atoms with Crippen LogP contribution in [0, 0.1) is 0 Å². The fraction of sp³-hybridized carbons (Fsp3) is 0. The van der Waals surface area contributed by atoms with E-state index in [4.69, 9.17) is 0 Å². The highest BCUT2D eigenvalue weighted by Crippen LogP contribution is 2.39. The highest BCUT2D eigenvalue weighted by atomic mass is 32.1. The van der Waals surface area contributed by atoms with Gasteiger partial charge >= 0.3 is 0 Å². The largest absolute Gasteiger partial charge is 0.355 e. The standard InChI is InChI=1S/C34H23NS/c1-2-7-27-22-28(17-16-23(27)6-1)26-14-12-24(13-15-26)25-18-20-29(21-19-25)35-31-9-5-11-33-34(31)30-8-3-4-10-32(30)36-33/h1-22,35H. The van der Waals surface area contributed by atoms with Gasteiger partial charge in [-0.05, 0) is 69.4 Å². The lowest BCUT2D eigenvalue weighted by atomic mass is 9.98. The molecule has 0 unspecified atom stereocenters. The number of rotatable bonds is 4. The number of hydrogen-bond donors (Lipinski definition) is 1. The van der Waals surface area contributed by atoms with Gasteiger partial charge in [0.25, 0.3) is 0 Å². The molecule has 0 aliphatic carbocycles. The lowest BCUT2D eigenvalue weighted by molar-refractivity contribution is 1.56. The normalized spacial score (nSPS) is 11.3. The number of nitrogens with one attached hydrogen (secondary N) is 1. The van der Waals surface area contributed by atoms with Gasteiger partial charge in [-0.15, -0.1) is 11.3 Å². The number of benzene rings is 6. The summed E-state index contributed by atoms with van der Waals surface area (Å²) in [4.78, 5) is 0. The van der Waals surface area contributed by atoms with Gasteiger partial charge in [0.2, 0.25) is 0 Å². The average Bonchev–Trinajstić information content (AvgIpc) is 3.33. The minimum Gasteiger partial charge on any atom is -0.355 e. The third-order valence-corrected chi connectivity index (χ3v) is 8.00. The van der Waals surface area contributed by atoms with Crippen molar-refractivity contribution < 1.29 is 0 Å². The summed E-state index contributed by atoms with van der Waals surface area (Å²) in [6.07, 6.45) is 0. The van der Waals surface area contributed by atoms with E-state index in [1.54, 1.807) is 0 Å². The Kier molecular flexibility index (Phi) is 5.04. The highest BCUT2D eigenvalue weighted by molar-refractivity contribution is 7.25. The lowest BCUT2D eigenvalue weighted by Gasteiger charge is -2.10. The number of anilines is 2. The van der Waals surface area contributed by atoms with Gasteiger partial charge in [0.05, 0.1) is 0 Å². The Labute approximate surface area is 214 Å². The molecular weight excluding hydrogens is 454 g/mol. The van der Waals surface area contributed by atoms with Crippen molar-refractivity contribution >= 4 is 53.7 Å². The first-order valence-electron chi connectivity index (χ1n) is 12.2. The second-order valence-electron chi connectivity index (χ2n) is 9.12. The zero-order chi connectivity index (χ0) is 23.9. The van der Waals surface area contributed by atoms with Crippen LogP contribution >= 0.6 is 11.3 Å². The molecule has 1 N–H and O–H groups in total. The molecule has 6 aromatic carbocycles. The first-order chi connectivity index (χ1) is 17.8. The van der Waals surface area contributed by atoms with E-state index >= 15 is 0 Å². The van der Waals surface area contributed by atoms with E-state index in [-0.39, 0.29) is 0 Å². The van der Waals surface area contributed by atoms with Crippen LogP contribution in [0.4, 0.5) is 11.4 Å². The van der Waals surface area contributed by atoms with E-state index in [9.17, 15) is 0 Å². The summed E-state index contributed by atoms with van der Waals surface area (Å²) in [5.41, 5.74) is 7.15. The van der Waals surface area contributed by atoms with Crippen LogP contribution in [0.2, 0.25) is 0 Å². The predicted molar refractivity (Wildman–Crippen MR) is 157 cm³/mol. The maximum Gasteiger partial charge on any atom is 0.0478 e. The molecule has 2 heteroatoms. The molecule has 7 aromatic rings. The summed E-state index contributed by atoms with van der Waals surface area (Å²) in [6.45, 7) is 0. The third-order valence-electron chi connectivity index (χ3n) is 6.87. The van der Waals surface area contributed by atoms with Crippen molar-refractivity contribution in [1.82, 2.24) is 0 Å². The van der Waals surface area contributed by atoms with Crippen LogP contribution in [-0.2, 0) is 0 Å². The Morgan fingerprint density at radius 3 is 1.86 bits per heavy atom. The second kappa shape index (κ2) is 8.67. The van der Waals surface area contributed by atoms with E-state index in [1.807, 2.05) is 11.3 Å². The van der Waals surface area contributed by atoms with Crippen LogP contribution in [0.15, 0.2) is 133 Å². The van der Waals surface area contributed by atoms with Crippen LogP contribution in [-0.4, -0.2) is 0 Å². The molecule has 1 nitrogen and oxygen atoms in total. The van der Waals surface area contributed by atoms with Crippen LogP contribution in [0.3, 0.4) is 0 Å². The molecule has 0 saturated heterocycles. The van der Waals surface area contributed by atoms with Gasteiger partial charge in [-0.25, -0.2) is 0 Å². The molecule has 1 aromatic heterocycles. The highest BCUT2D eigenvalue weighted by Gasteiger charge is 2.09. The van der Waals surface area contributed by atoms with Crippen LogP contribution < -0.4 is 5.32 Å². The van der Waals surface area contributed by atoms with Crippen molar-refractivity contribution in [3.63, 3.8) is 0 Å². The maximum atomic E-state index is 3.66. The Balaban J connectivity index is 1.15. The van der Waals surface area contributed by atoms with Crippen molar-refractivity contribution in [3.05, 3.63) is 133 Å². The fourth-order valence-corrected chi connectivity index (χ4v) is 6.14. The topological polar surface area (TPSA) is 12.0 Å². The van der Waals surface area contributed by atoms with E-state index < -0.39 is 0 Å². The Bertz CT molecular complexity index is 1840. The Morgan fingerprint density at radius 2 is 1.06 bits per heavy atom. The zero-order valence-corrected chi connectivity index (χ0v) is 20.4. The molecule has 0 fully saturated rings. The minimum atomic E-state index is 1.09. The van der Waals surface area contributed by atoms with E-state index in [1.165, 1.54) is 53.2 Å². The predicted octanol–water partition coefficient (Wildman–Crippen LogP) is 10.3. The first kappa shape index (κ1) is 20.9. The quantitative estimate of drug-likeness (QED) is 0.266. The van der Waals surface area contributed by atoms with Gasteiger partial charge < -0.3 is 5.32 Å². The Hall–Kier alpha value is -4.40. The van der Waals surface area contributed by atoms with Crippen molar-refractivity contribution in [2.75, 3.05) is 5.32 Å². The third kappa shape index (κ3) is 3.73. The van der Waals surface area contributed by atoms with Crippen LogP contribution in [0.1, 0.15) is 0 Å². The fourth-order valence-electron chi connectivity index (χ4n) is 5.00. The molecule has 1 heterocycles. The summed E-state index contributed by atoms with van der Waals surface area (Å²) in [5, 5.41) is 8.81. The molecule has 0 saturated carbocycles. The van der Waals surface area contributed by atoms with Gasteiger partial charge in [0.15, 0.2) is 0 Å². The second-order valence-corrected chi connectivity index (χ2v) is 10.2. The van der Waals surface area contributed by atoms with Gasteiger partial charge in [-0.2, -0.15) is 0 Å². The van der Waals surface area contributed by atoms with Gasteiger partial charge in [-0.1, -0.05) is 97.1 Å². The monoisotopic (exact) mass is 477 g/mol. The van der Waals surface area contributed by atoms with Gasteiger partial charge in [-0.3, -0.25) is 0 Å². The molecule has 0 atom stereocenters. The summed E-state index contributed by atoms with van der Waals surface area (Å²) in [5.74, 6) is 0. The van der Waals surface area contributed by atoms with Crippen molar-refractivity contribution in [2.24, 2.45) is 0 Å². The molecule has 170 valence electrons. The molecule has 0 spiro atoms. The molecule has 0 radical (unpaired) electrons. The SMILES string of the molecule is c1ccc2cc(-c3ccc(-c4ccc(Nc5cccc6sc7ccccc7c56)cc4)cc3)ccc2c1. The summed E-state index contributed by atoms with van der Waals surface area (Å²) < 4.78 is 2.63. The first-order valence-corrected chi connectivity index (χ1v) is 13.0. The van der Waals surface area contributed by atoms with Crippen LogP contribution in [0.25, 0.3) is 53.2 Å². The summed E-state index contributed by atoms with van der Waals surface area (Å²) in [6, 6.07) is 47.9. The molecule has 0 bridgehead atoms. The van der Waals surface area contributed by atoms with Crippen molar-refractivity contribution in [3.8, 4) is 22.3 Å². The molecule has 36 heavy (non-hydrogen) atoms. The van der Waals surface area contributed by atoms with E-state index in [0.29, 0.717) is 0 Å².